The van der Waals surface area contributed by atoms with Crippen LogP contribution < -0.4 is 11.5 Å². The number of hydrogen-bond acceptors (Lipinski definition) is 4. The van der Waals surface area contributed by atoms with Gasteiger partial charge >= 0.3 is 5.76 Å². The highest BCUT2D eigenvalue weighted by Gasteiger charge is 2.10. The number of pyridine rings is 1. The number of nitrogen functional groups attached to an aromatic ring is 1. The summed E-state index contributed by atoms with van der Waals surface area (Å²) in [5, 5.41) is 0. The lowest BCUT2D eigenvalue weighted by molar-refractivity contribution is 0.516. The van der Waals surface area contributed by atoms with Crippen molar-refractivity contribution in [1.29, 1.82) is 0 Å². The summed E-state index contributed by atoms with van der Waals surface area (Å²) in [4.78, 5) is 16.0. The lowest BCUT2D eigenvalue weighted by atomic mass is 10.3. The van der Waals surface area contributed by atoms with Crippen LogP contribution in [0.2, 0.25) is 0 Å². The van der Waals surface area contributed by atoms with Gasteiger partial charge < -0.3 is 10.2 Å². The number of oxazole rings is 1. The molecular weight excluding hydrogens is 230 g/mol. The molecule has 5 heteroatoms. The maximum Gasteiger partial charge on any atom is 0.420 e. The van der Waals surface area contributed by atoms with Crippen molar-refractivity contribution in [2.24, 2.45) is 0 Å². The number of fused-ring (bicyclic) bond motifs is 1. The molecule has 2 aromatic heterocycles. The first-order chi connectivity index (χ1) is 8.74. The molecule has 0 radical (unpaired) electrons. The lowest BCUT2D eigenvalue weighted by Crippen LogP contribution is -2.15. The van der Waals surface area contributed by atoms with Crippen LogP contribution in [0.25, 0.3) is 11.1 Å². The predicted molar refractivity (Wildman–Crippen MR) is 68.2 cm³/mol. The first kappa shape index (κ1) is 10.6. The molecule has 3 aromatic rings. The van der Waals surface area contributed by atoms with E-state index in [0.29, 0.717) is 23.3 Å². The van der Waals surface area contributed by atoms with E-state index in [9.17, 15) is 4.79 Å². The van der Waals surface area contributed by atoms with E-state index in [0.717, 1.165) is 5.69 Å². The topological polar surface area (TPSA) is 74.0 Å². The van der Waals surface area contributed by atoms with E-state index in [-0.39, 0.29) is 0 Å². The van der Waals surface area contributed by atoms with Crippen molar-refractivity contribution in [1.82, 2.24) is 9.55 Å². The van der Waals surface area contributed by atoms with Gasteiger partial charge in [-0.05, 0) is 30.3 Å². The Morgan fingerprint density at radius 3 is 2.94 bits per heavy atom. The molecule has 0 spiro atoms. The largest absolute Gasteiger partial charge is 0.420 e. The van der Waals surface area contributed by atoms with Crippen LogP contribution in [0.4, 0.5) is 5.69 Å². The minimum Gasteiger partial charge on any atom is -0.408 e. The first-order valence-electron chi connectivity index (χ1n) is 5.53. The summed E-state index contributed by atoms with van der Waals surface area (Å²) in [6.45, 7) is 0.371. The summed E-state index contributed by atoms with van der Waals surface area (Å²) < 4.78 is 6.67. The van der Waals surface area contributed by atoms with Crippen LogP contribution in [0.1, 0.15) is 5.69 Å². The summed E-state index contributed by atoms with van der Waals surface area (Å²) in [7, 11) is 0. The van der Waals surface area contributed by atoms with Crippen LogP contribution in [-0.4, -0.2) is 9.55 Å². The van der Waals surface area contributed by atoms with E-state index in [2.05, 4.69) is 4.98 Å². The molecule has 0 aliphatic rings. The monoisotopic (exact) mass is 241 g/mol. The number of anilines is 1. The second-order valence-electron chi connectivity index (χ2n) is 4.00. The third-order valence-electron chi connectivity index (χ3n) is 2.74. The average molecular weight is 241 g/mol. The molecule has 1 aromatic carbocycles. The molecule has 0 saturated carbocycles. The summed E-state index contributed by atoms with van der Waals surface area (Å²) in [5.41, 5.74) is 8.33. The Balaban J connectivity index is 2.14. The van der Waals surface area contributed by atoms with E-state index in [4.69, 9.17) is 10.2 Å². The van der Waals surface area contributed by atoms with Crippen molar-refractivity contribution in [2.45, 2.75) is 6.54 Å². The van der Waals surface area contributed by atoms with Crippen molar-refractivity contribution in [3.8, 4) is 0 Å². The van der Waals surface area contributed by atoms with Gasteiger partial charge in [-0.15, -0.1) is 0 Å². The molecule has 3 rings (SSSR count). The van der Waals surface area contributed by atoms with E-state index < -0.39 is 5.76 Å². The molecular formula is C13H11N3O2. The second kappa shape index (κ2) is 4.03. The maximum absolute atomic E-state index is 11.8. The fourth-order valence-corrected chi connectivity index (χ4v) is 1.88. The van der Waals surface area contributed by atoms with E-state index in [1.54, 1.807) is 24.4 Å². The van der Waals surface area contributed by atoms with Crippen molar-refractivity contribution >= 4 is 16.8 Å². The Morgan fingerprint density at radius 2 is 2.17 bits per heavy atom. The maximum atomic E-state index is 11.8. The minimum atomic E-state index is -0.402. The van der Waals surface area contributed by atoms with E-state index in [1.807, 2.05) is 18.2 Å². The molecule has 2 heterocycles. The second-order valence-corrected chi connectivity index (χ2v) is 4.00. The van der Waals surface area contributed by atoms with Crippen LogP contribution >= 0.6 is 0 Å². The molecule has 90 valence electrons. The zero-order valence-electron chi connectivity index (χ0n) is 9.54. The normalized spacial score (nSPS) is 10.9. The number of nitrogens with zero attached hydrogens (tertiary/aromatic N) is 2. The summed E-state index contributed by atoms with van der Waals surface area (Å²) >= 11 is 0. The number of hydrogen-bond donors (Lipinski definition) is 1. The molecule has 18 heavy (non-hydrogen) atoms. The zero-order chi connectivity index (χ0) is 12.5. The van der Waals surface area contributed by atoms with E-state index in [1.165, 1.54) is 4.57 Å². The van der Waals surface area contributed by atoms with Crippen LogP contribution in [0.5, 0.6) is 0 Å². The van der Waals surface area contributed by atoms with Crippen molar-refractivity contribution in [3.63, 3.8) is 0 Å². The highest BCUT2D eigenvalue weighted by atomic mass is 16.4. The van der Waals surface area contributed by atoms with Gasteiger partial charge in [0.25, 0.3) is 0 Å². The Labute approximate surface area is 102 Å². The number of benzene rings is 1. The molecule has 0 bridgehead atoms. The molecule has 5 nitrogen and oxygen atoms in total. The molecule has 2 N–H and O–H groups in total. The lowest BCUT2D eigenvalue weighted by Gasteiger charge is -2.01. The van der Waals surface area contributed by atoms with Crippen LogP contribution in [-0.2, 0) is 6.54 Å². The summed E-state index contributed by atoms with van der Waals surface area (Å²) in [6.07, 6.45) is 1.69. The fourth-order valence-electron chi connectivity index (χ4n) is 1.88. The Kier molecular flexibility index (Phi) is 2.37. The Hall–Kier alpha value is -2.56. The molecule has 0 aliphatic carbocycles. The van der Waals surface area contributed by atoms with E-state index >= 15 is 0 Å². The first-order valence-corrected chi connectivity index (χ1v) is 5.53. The number of aromatic nitrogens is 2. The minimum absolute atomic E-state index is 0.371. The van der Waals surface area contributed by atoms with Crippen LogP contribution in [0.15, 0.2) is 51.8 Å². The van der Waals surface area contributed by atoms with Gasteiger partial charge in [-0.2, -0.15) is 0 Å². The molecule has 0 unspecified atom stereocenters. The van der Waals surface area contributed by atoms with Crippen molar-refractivity contribution < 1.29 is 4.42 Å². The third-order valence-corrected chi connectivity index (χ3v) is 2.74. The zero-order valence-corrected chi connectivity index (χ0v) is 9.54. The summed E-state index contributed by atoms with van der Waals surface area (Å²) in [6, 6.07) is 10.7. The van der Waals surface area contributed by atoms with Gasteiger partial charge in [-0.25, -0.2) is 4.79 Å². The SMILES string of the molecule is Nc1ccc2oc(=O)n(Cc3ccccn3)c2c1. The van der Waals surface area contributed by atoms with Crippen molar-refractivity contribution in [2.75, 3.05) is 5.73 Å². The van der Waals surface area contributed by atoms with Gasteiger partial charge in [0.2, 0.25) is 0 Å². The van der Waals surface area contributed by atoms with Gasteiger partial charge in [0, 0.05) is 11.9 Å². The smallest absolute Gasteiger partial charge is 0.408 e. The molecule has 0 fully saturated rings. The van der Waals surface area contributed by atoms with Crippen molar-refractivity contribution in [3.05, 3.63) is 58.8 Å². The fraction of sp³-hybridized carbons (Fsp3) is 0.0769. The van der Waals surface area contributed by atoms with Gasteiger partial charge in [0.1, 0.15) is 0 Å². The van der Waals surface area contributed by atoms with Gasteiger partial charge in [0.05, 0.1) is 17.8 Å². The molecule has 0 saturated heterocycles. The summed E-state index contributed by atoms with van der Waals surface area (Å²) in [5.74, 6) is -0.402. The van der Waals surface area contributed by atoms with Crippen LogP contribution in [0.3, 0.4) is 0 Å². The Morgan fingerprint density at radius 1 is 1.28 bits per heavy atom. The quantitative estimate of drug-likeness (QED) is 0.692. The number of rotatable bonds is 2. The third kappa shape index (κ3) is 1.75. The molecule has 0 amide bonds. The standard InChI is InChI=1S/C13H11N3O2/c14-9-4-5-12-11(7-9)16(13(17)18-12)8-10-3-1-2-6-15-10/h1-7H,8,14H2. The van der Waals surface area contributed by atoms with Gasteiger partial charge in [0.15, 0.2) is 5.58 Å². The van der Waals surface area contributed by atoms with Gasteiger partial charge in [-0.1, -0.05) is 6.07 Å². The highest BCUT2D eigenvalue weighted by Crippen LogP contribution is 2.16. The predicted octanol–water partition coefficient (Wildman–Crippen LogP) is 1.62. The molecule has 0 aliphatic heterocycles. The van der Waals surface area contributed by atoms with Crippen LogP contribution in [0, 0.1) is 0 Å². The average Bonchev–Trinajstić information content (AvgIpc) is 2.67. The van der Waals surface area contributed by atoms with Gasteiger partial charge in [-0.3, -0.25) is 9.55 Å². The highest BCUT2D eigenvalue weighted by molar-refractivity contribution is 5.77. The Bertz CT molecular complexity index is 744. The number of nitrogens with two attached hydrogens (primary N) is 1. The molecule has 0 atom stereocenters.